The van der Waals surface area contributed by atoms with Gasteiger partial charge in [-0.1, -0.05) is 24.3 Å². The summed E-state index contributed by atoms with van der Waals surface area (Å²) in [6, 6.07) is 9.72. The molecule has 9 heteroatoms. The first-order valence-corrected chi connectivity index (χ1v) is 9.23. The molecule has 29 heavy (non-hydrogen) atoms. The van der Waals surface area contributed by atoms with Crippen molar-refractivity contribution < 1.29 is 10.0 Å². The normalized spacial score (nSPS) is 18.7. The molecule has 2 heterocycles. The molecule has 1 aromatic heterocycles. The van der Waals surface area contributed by atoms with Gasteiger partial charge in [0.05, 0.1) is 18.1 Å². The van der Waals surface area contributed by atoms with E-state index in [1.807, 2.05) is 0 Å². The molecule has 0 saturated carbocycles. The third-order valence-corrected chi connectivity index (χ3v) is 5.31. The average molecular weight is 438 g/mol. The van der Waals surface area contributed by atoms with E-state index < -0.39 is 5.91 Å². The first kappa shape index (κ1) is 23.1. The summed E-state index contributed by atoms with van der Waals surface area (Å²) in [6.45, 7) is 2.11. The molecule has 4 rings (SSSR count). The number of fused-ring (bicyclic) bond motifs is 1. The van der Waals surface area contributed by atoms with Crippen LogP contribution < -0.4 is 10.8 Å². The Hall–Kier alpha value is -2.19. The van der Waals surface area contributed by atoms with E-state index >= 15 is 0 Å². The van der Waals surface area contributed by atoms with Crippen molar-refractivity contribution >= 4 is 42.6 Å². The number of nitrogens with zero attached hydrogens (tertiary/aromatic N) is 3. The second kappa shape index (κ2) is 10.5. The lowest BCUT2D eigenvalue weighted by molar-refractivity contribution is -0.124. The molecule has 0 bridgehead atoms. The highest BCUT2D eigenvalue weighted by molar-refractivity contribution is 5.90. The molecule has 1 aliphatic heterocycles. The fraction of sp³-hybridized carbons (Fsp3) is 0.350. The Morgan fingerprint density at radius 2 is 1.86 bits per heavy atom. The number of hydroxylamine groups is 1. The Balaban J connectivity index is 0.00000150. The number of benzene rings is 1. The van der Waals surface area contributed by atoms with Gasteiger partial charge in [0.15, 0.2) is 0 Å². The van der Waals surface area contributed by atoms with Crippen LogP contribution in [-0.4, -0.2) is 51.2 Å². The van der Waals surface area contributed by atoms with Gasteiger partial charge in [-0.3, -0.25) is 19.9 Å². The molecular formula is C20H25Cl2N5O2. The summed E-state index contributed by atoms with van der Waals surface area (Å²) < 4.78 is 0. The summed E-state index contributed by atoms with van der Waals surface area (Å²) in [5.74, 6) is 0.138. The van der Waals surface area contributed by atoms with E-state index in [-0.39, 0.29) is 24.8 Å². The van der Waals surface area contributed by atoms with Crippen LogP contribution in [0.2, 0.25) is 0 Å². The van der Waals surface area contributed by atoms with Crippen molar-refractivity contribution in [3.05, 3.63) is 59.6 Å². The second-order valence-electron chi connectivity index (χ2n) is 7.09. The first-order chi connectivity index (χ1) is 13.2. The van der Waals surface area contributed by atoms with Crippen LogP contribution in [0.15, 0.2) is 42.7 Å². The van der Waals surface area contributed by atoms with Gasteiger partial charge >= 0.3 is 0 Å². The molecule has 0 radical (unpaired) electrons. The van der Waals surface area contributed by atoms with Gasteiger partial charge in [0.25, 0.3) is 5.91 Å². The zero-order chi connectivity index (χ0) is 18.6. The quantitative estimate of drug-likeness (QED) is 0.378. The molecule has 7 nitrogen and oxygen atoms in total. The number of carbonyl (C=O) groups is 1. The van der Waals surface area contributed by atoms with Crippen molar-refractivity contribution in [1.29, 1.82) is 0 Å². The highest BCUT2D eigenvalue weighted by atomic mass is 35.5. The lowest BCUT2D eigenvalue weighted by Crippen LogP contribution is -2.35. The Bertz CT molecular complexity index is 822. The number of amides is 1. The van der Waals surface area contributed by atoms with Crippen molar-refractivity contribution in [2.75, 3.05) is 18.4 Å². The smallest absolute Gasteiger partial charge is 0.267 e. The van der Waals surface area contributed by atoms with Crippen molar-refractivity contribution in [3.8, 4) is 0 Å². The van der Waals surface area contributed by atoms with Crippen molar-refractivity contribution in [1.82, 2.24) is 20.3 Å². The number of hydrogen-bond acceptors (Lipinski definition) is 6. The molecule has 1 fully saturated rings. The molecule has 0 spiro atoms. The molecule has 2 aliphatic rings. The zero-order valence-corrected chi connectivity index (χ0v) is 17.5. The maximum Gasteiger partial charge on any atom is 0.267 e. The summed E-state index contributed by atoms with van der Waals surface area (Å²) in [7, 11) is 0. The number of hydrogen-bond donors (Lipinski definition) is 3. The van der Waals surface area contributed by atoms with Crippen LogP contribution in [0, 0.1) is 0 Å². The van der Waals surface area contributed by atoms with Crippen LogP contribution in [0.5, 0.6) is 0 Å². The van der Waals surface area contributed by atoms with Gasteiger partial charge in [0.2, 0.25) is 0 Å². The molecule has 1 aliphatic carbocycles. The Labute approximate surface area is 182 Å². The fourth-order valence-corrected chi connectivity index (χ4v) is 3.94. The lowest BCUT2D eigenvalue weighted by Gasteiger charge is -2.23. The number of likely N-dealkylation sites (tertiary alicyclic amines) is 1. The van der Waals surface area contributed by atoms with Crippen LogP contribution in [0.25, 0.3) is 6.08 Å². The Kier molecular flexibility index (Phi) is 8.40. The highest BCUT2D eigenvalue weighted by Crippen LogP contribution is 2.28. The zero-order valence-electron chi connectivity index (χ0n) is 15.8. The van der Waals surface area contributed by atoms with Crippen LogP contribution in [0.1, 0.15) is 23.2 Å². The molecular weight excluding hydrogens is 413 g/mol. The van der Waals surface area contributed by atoms with Crippen LogP contribution in [0.4, 0.5) is 5.82 Å². The van der Waals surface area contributed by atoms with Gasteiger partial charge in [-0.15, -0.1) is 24.8 Å². The van der Waals surface area contributed by atoms with E-state index in [9.17, 15) is 4.79 Å². The first-order valence-electron chi connectivity index (χ1n) is 9.23. The van der Waals surface area contributed by atoms with Gasteiger partial charge in [-0.25, -0.2) is 10.5 Å². The third-order valence-electron chi connectivity index (χ3n) is 5.31. The fourth-order valence-electron chi connectivity index (χ4n) is 3.94. The number of rotatable bonds is 5. The molecule has 1 amide bonds. The summed E-state index contributed by atoms with van der Waals surface area (Å²) in [4.78, 5) is 22.2. The van der Waals surface area contributed by atoms with E-state index in [0.29, 0.717) is 17.8 Å². The molecule has 3 N–H and O–H groups in total. The Morgan fingerprint density at radius 1 is 1.14 bits per heavy atom. The molecule has 1 atom stereocenters. The number of nitrogens with one attached hydrogen (secondary N) is 2. The van der Waals surface area contributed by atoms with E-state index in [1.165, 1.54) is 28.8 Å². The summed E-state index contributed by atoms with van der Waals surface area (Å²) in [5.41, 5.74) is 5.07. The second-order valence-corrected chi connectivity index (χ2v) is 7.09. The topological polar surface area (TPSA) is 90.4 Å². The number of halogens is 2. The largest absolute Gasteiger partial charge is 0.365 e. The molecule has 1 saturated heterocycles. The number of carbonyl (C=O) groups excluding carboxylic acids is 1. The van der Waals surface area contributed by atoms with Gasteiger partial charge in [-0.2, -0.15) is 0 Å². The van der Waals surface area contributed by atoms with E-state index in [1.54, 1.807) is 12.4 Å². The standard InChI is InChI=1S/C20H23N5O2.2ClH/c26-20(24-27)6-5-16-11-22-19(12-21-16)23-17-7-8-25(13-17)18-9-14-3-1-2-4-15(14)10-18;;/h1-6,11-12,17-18,27H,7-10,13H2,(H,22,23)(H,24,26);2*1H/b6-5+;;/t17-;;/m1../s1. The van der Waals surface area contributed by atoms with Gasteiger partial charge in [0, 0.05) is 31.2 Å². The van der Waals surface area contributed by atoms with E-state index in [4.69, 9.17) is 5.21 Å². The molecule has 0 unspecified atom stereocenters. The maximum atomic E-state index is 11.0. The maximum absolute atomic E-state index is 11.0. The predicted octanol–water partition coefficient (Wildman–Crippen LogP) is 2.49. The predicted molar refractivity (Wildman–Crippen MR) is 117 cm³/mol. The number of aromatic nitrogens is 2. The van der Waals surface area contributed by atoms with Crippen molar-refractivity contribution in [2.45, 2.75) is 31.3 Å². The van der Waals surface area contributed by atoms with Gasteiger partial charge in [-0.05, 0) is 36.5 Å². The lowest BCUT2D eigenvalue weighted by atomic mass is 10.1. The highest BCUT2D eigenvalue weighted by Gasteiger charge is 2.32. The van der Waals surface area contributed by atoms with Gasteiger partial charge in [0.1, 0.15) is 5.82 Å². The summed E-state index contributed by atoms with van der Waals surface area (Å²) in [5, 5.41) is 11.9. The third kappa shape index (κ3) is 5.67. The van der Waals surface area contributed by atoms with E-state index in [2.05, 4.69) is 44.5 Å². The van der Waals surface area contributed by atoms with E-state index in [0.717, 1.165) is 38.2 Å². The molecule has 2 aromatic rings. The van der Waals surface area contributed by atoms with Crippen LogP contribution in [0.3, 0.4) is 0 Å². The van der Waals surface area contributed by atoms with Crippen LogP contribution in [-0.2, 0) is 17.6 Å². The van der Waals surface area contributed by atoms with Crippen LogP contribution >= 0.6 is 24.8 Å². The SMILES string of the molecule is Cl.Cl.O=C(/C=C/c1cnc(N[C@@H]2CCN(C3Cc4ccccc4C3)C2)cn1)NO. The van der Waals surface area contributed by atoms with Crippen molar-refractivity contribution in [3.63, 3.8) is 0 Å². The summed E-state index contributed by atoms with van der Waals surface area (Å²) in [6.07, 6.45) is 9.35. The molecule has 1 aromatic carbocycles. The monoisotopic (exact) mass is 437 g/mol. The minimum atomic E-state index is -0.598. The minimum absolute atomic E-state index is 0. The molecule has 156 valence electrons. The van der Waals surface area contributed by atoms with Gasteiger partial charge < -0.3 is 5.32 Å². The minimum Gasteiger partial charge on any atom is -0.365 e. The average Bonchev–Trinajstić information content (AvgIpc) is 3.33. The summed E-state index contributed by atoms with van der Waals surface area (Å²) >= 11 is 0. The van der Waals surface area contributed by atoms with Crippen molar-refractivity contribution in [2.24, 2.45) is 0 Å². The Morgan fingerprint density at radius 3 is 2.48 bits per heavy atom. The number of anilines is 1.